The van der Waals surface area contributed by atoms with Gasteiger partial charge < -0.3 is 20.1 Å². The van der Waals surface area contributed by atoms with Crippen LogP contribution in [0, 0.1) is 0 Å². The van der Waals surface area contributed by atoms with Crippen molar-refractivity contribution in [3.05, 3.63) is 77.6 Å². The van der Waals surface area contributed by atoms with E-state index in [-0.39, 0.29) is 5.91 Å². The lowest BCUT2D eigenvalue weighted by molar-refractivity contribution is 0.0600. The predicted molar refractivity (Wildman–Crippen MR) is 108 cm³/mol. The fourth-order valence-corrected chi connectivity index (χ4v) is 2.57. The zero-order valence-electron chi connectivity index (χ0n) is 16.0. The van der Waals surface area contributed by atoms with Crippen LogP contribution < -0.4 is 15.4 Å². The topological polar surface area (TPSA) is 102 Å². The molecule has 0 spiro atoms. The van der Waals surface area contributed by atoms with E-state index in [0.29, 0.717) is 29.3 Å². The van der Waals surface area contributed by atoms with Gasteiger partial charge in [0, 0.05) is 30.2 Å². The fourth-order valence-electron chi connectivity index (χ4n) is 2.57. The molecule has 8 heteroatoms. The van der Waals surface area contributed by atoms with Crippen LogP contribution in [0.25, 0.3) is 0 Å². The minimum atomic E-state index is -0.438. The highest BCUT2D eigenvalue weighted by Gasteiger charge is 2.10. The fraction of sp³-hybridized carbons (Fsp3) is 0.143. The molecular formula is C21H20N4O4. The van der Waals surface area contributed by atoms with Crippen molar-refractivity contribution in [2.45, 2.75) is 6.54 Å². The van der Waals surface area contributed by atoms with E-state index in [1.54, 1.807) is 31.4 Å². The minimum Gasteiger partial charge on any atom is -0.496 e. The maximum absolute atomic E-state index is 12.3. The molecular weight excluding hydrogens is 372 g/mol. The Bertz CT molecular complexity index is 988. The number of hydrogen-bond donors (Lipinski definition) is 2. The van der Waals surface area contributed by atoms with Gasteiger partial charge in [0.1, 0.15) is 5.75 Å². The number of esters is 1. The number of ether oxygens (including phenoxy) is 2. The van der Waals surface area contributed by atoms with Gasteiger partial charge in [-0.3, -0.25) is 4.79 Å². The third kappa shape index (κ3) is 5.07. The Balaban J connectivity index is 1.59. The summed E-state index contributed by atoms with van der Waals surface area (Å²) in [5.74, 6) is 0.378. The lowest BCUT2D eigenvalue weighted by Crippen LogP contribution is -2.13. The predicted octanol–water partition coefficient (Wildman–Crippen LogP) is 3.14. The van der Waals surface area contributed by atoms with E-state index in [4.69, 9.17) is 4.74 Å². The molecule has 3 aromatic rings. The van der Waals surface area contributed by atoms with Crippen LogP contribution in [0.15, 0.2) is 60.9 Å². The maximum atomic E-state index is 12.3. The molecule has 3 rings (SSSR count). The van der Waals surface area contributed by atoms with E-state index in [1.165, 1.54) is 19.5 Å². The normalized spacial score (nSPS) is 10.1. The van der Waals surface area contributed by atoms with Gasteiger partial charge in [-0.1, -0.05) is 18.2 Å². The van der Waals surface area contributed by atoms with E-state index >= 15 is 0 Å². The summed E-state index contributed by atoms with van der Waals surface area (Å²) < 4.78 is 9.95. The van der Waals surface area contributed by atoms with Gasteiger partial charge in [0.2, 0.25) is 5.95 Å². The maximum Gasteiger partial charge on any atom is 0.337 e. The molecule has 0 aliphatic heterocycles. The van der Waals surface area contributed by atoms with Crippen molar-refractivity contribution in [2.75, 3.05) is 24.9 Å². The molecule has 29 heavy (non-hydrogen) atoms. The summed E-state index contributed by atoms with van der Waals surface area (Å²) in [6.07, 6.45) is 2.88. The number of carbonyl (C=O) groups is 2. The smallest absolute Gasteiger partial charge is 0.337 e. The number of aromatic nitrogens is 2. The molecule has 1 heterocycles. The Morgan fingerprint density at radius 1 is 0.931 bits per heavy atom. The number of carbonyl (C=O) groups excluding carboxylic acids is 2. The second kappa shape index (κ2) is 9.32. The zero-order chi connectivity index (χ0) is 20.6. The molecule has 1 aromatic heterocycles. The van der Waals surface area contributed by atoms with Crippen LogP contribution in [-0.2, 0) is 11.3 Å². The summed E-state index contributed by atoms with van der Waals surface area (Å²) in [5.41, 5.74) is 2.22. The minimum absolute atomic E-state index is 0.310. The van der Waals surface area contributed by atoms with Gasteiger partial charge >= 0.3 is 5.97 Å². The third-order valence-electron chi connectivity index (χ3n) is 4.11. The Morgan fingerprint density at radius 3 is 2.28 bits per heavy atom. The number of methoxy groups -OCH3 is 2. The summed E-state index contributed by atoms with van der Waals surface area (Å²) in [6, 6.07) is 14.0. The molecule has 148 valence electrons. The van der Waals surface area contributed by atoms with E-state index in [9.17, 15) is 9.59 Å². The summed E-state index contributed by atoms with van der Waals surface area (Å²) in [7, 11) is 2.93. The first-order chi connectivity index (χ1) is 14.1. The number of benzene rings is 2. The van der Waals surface area contributed by atoms with Gasteiger partial charge in [-0.2, -0.15) is 0 Å². The van der Waals surface area contributed by atoms with E-state index in [2.05, 4.69) is 25.3 Å². The number of nitrogens with zero attached hydrogens (tertiary/aromatic N) is 2. The van der Waals surface area contributed by atoms with Gasteiger partial charge in [-0.25, -0.2) is 14.8 Å². The quantitative estimate of drug-likeness (QED) is 0.596. The van der Waals surface area contributed by atoms with Crippen molar-refractivity contribution in [1.82, 2.24) is 9.97 Å². The average molecular weight is 392 g/mol. The van der Waals surface area contributed by atoms with Crippen LogP contribution >= 0.6 is 0 Å². The summed E-state index contributed by atoms with van der Waals surface area (Å²) in [5, 5.41) is 5.82. The number of amides is 1. The van der Waals surface area contributed by atoms with E-state index in [1.807, 2.05) is 24.3 Å². The van der Waals surface area contributed by atoms with Crippen LogP contribution in [0.2, 0.25) is 0 Å². The van der Waals surface area contributed by atoms with Crippen LogP contribution in [0.5, 0.6) is 5.75 Å². The molecule has 0 saturated carbocycles. The lowest BCUT2D eigenvalue weighted by atomic mass is 10.2. The van der Waals surface area contributed by atoms with Gasteiger partial charge in [0.25, 0.3) is 5.91 Å². The van der Waals surface area contributed by atoms with Crippen molar-refractivity contribution in [2.24, 2.45) is 0 Å². The number of hydrogen-bond acceptors (Lipinski definition) is 7. The second-order valence-corrected chi connectivity index (χ2v) is 5.98. The molecule has 0 bridgehead atoms. The molecule has 0 radical (unpaired) electrons. The summed E-state index contributed by atoms with van der Waals surface area (Å²) in [4.78, 5) is 32.1. The van der Waals surface area contributed by atoms with Crippen LogP contribution in [-0.4, -0.2) is 36.1 Å². The molecule has 0 atom stereocenters. The Morgan fingerprint density at radius 2 is 1.62 bits per heavy atom. The van der Waals surface area contributed by atoms with Gasteiger partial charge in [-0.05, 0) is 30.3 Å². The zero-order valence-corrected chi connectivity index (χ0v) is 16.0. The van der Waals surface area contributed by atoms with Gasteiger partial charge in [0.05, 0.1) is 25.3 Å². The molecule has 0 fully saturated rings. The molecule has 0 saturated heterocycles. The SMILES string of the molecule is COC(=O)c1ccc(NC(=O)c2cnc(NCc3ccccc3OC)nc2)cc1. The van der Waals surface area contributed by atoms with Gasteiger partial charge in [-0.15, -0.1) is 0 Å². The molecule has 0 aliphatic rings. The second-order valence-electron chi connectivity index (χ2n) is 5.98. The van der Waals surface area contributed by atoms with Crippen molar-refractivity contribution < 1.29 is 19.1 Å². The number of anilines is 2. The third-order valence-corrected chi connectivity index (χ3v) is 4.11. The van der Waals surface area contributed by atoms with Crippen LogP contribution in [0.3, 0.4) is 0 Å². The largest absolute Gasteiger partial charge is 0.496 e. The standard InChI is InChI=1S/C21H20N4O4/c1-28-18-6-4-3-5-15(18)11-22-21-23-12-16(13-24-21)19(26)25-17-9-7-14(8-10-17)20(27)29-2/h3-10,12-13H,11H2,1-2H3,(H,25,26)(H,22,23,24). The average Bonchev–Trinajstić information content (AvgIpc) is 2.78. The molecule has 8 nitrogen and oxygen atoms in total. The summed E-state index contributed by atoms with van der Waals surface area (Å²) >= 11 is 0. The first kappa shape index (κ1) is 19.8. The van der Waals surface area contributed by atoms with Gasteiger partial charge in [0.15, 0.2) is 0 Å². The number of rotatable bonds is 7. The summed E-state index contributed by atoms with van der Waals surface area (Å²) in [6.45, 7) is 0.488. The molecule has 2 aromatic carbocycles. The van der Waals surface area contributed by atoms with Crippen molar-refractivity contribution in [3.8, 4) is 5.75 Å². The first-order valence-corrected chi connectivity index (χ1v) is 8.78. The van der Waals surface area contributed by atoms with Crippen LogP contribution in [0.1, 0.15) is 26.3 Å². The highest BCUT2D eigenvalue weighted by atomic mass is 16.5. The number of para-hydroxylation sites is 1. The van der Waals surface area contributed by atoms with E-state index < -0.39 is 5.97 Å². The monoisotopic (exact) mass is 392 g/mol. The lowest BCUT2D eigenvalue weighted by Gasteiger charge is -2.10. The van der Waals surface area contributed by atoms with Crippen molar-refractivity contribution >= 4 is 23.5 Å². The van der Waals surface area contributed by atoms with E-state index in [0.717, 1.165) is 11.3 Å². The van der Waals surface area contributed by atoms with Crippen molar-refractivity contribution in [3.63, 3.8) is 0 Å². The molecule has 0 aliphatic carbocycles. The highest BCUT2D eigenvalue weighted by molar-refractivity contribution is 6.04. The van der Waals surface area contributed by atoms with Crippen LogP contribution in [0.4, 0.5) is 11.6 Å². The Labute approximate surface area is 167 Å². The highest BCUT2D eigenvalue weighted by Crippen LogP contribution is 2.18. The number of nitrogens with one attached hydrogen (secondary N) is 2. The molecule has 1 amide bonds. The Hall–Kier alpha value is -3.94. The Kier molecular flexibility index (Phi) is 6.36. The molecule has 2 N–H and O–H groups in total. The van der Waals surface area contributed by atoms with Crippen molar-refractivity contribution in [1.29, 1.82) is 0 Å². The first-order valence-electron chi connectivity index (χ1n) is 8.78. The molecule has 0 unspecified atom stereocenters.